The summed E-state index contributed by atoms with van der Waals surface area (Å²) in [6.07, 6.45) is 3.02. The molecular weight excluding hydrogens is 991 g/mol. The normalized spacial score (nSPS) is 14.7. The topological polar surface area (TPSA) is 257 Å². The highest BCUT2D eigenvalue weighted by molar-refractivity contribution is 6.31. The number of benzene rings is 5. The van der Waals surface area contributed by atoms with Crippen molar-refractivity contribution in [3.63, 3.8) is 0 Å². The molecule has 5 N–H and O–H groups in total. The van der Waals surface area contributed by atoms with Gasteiger partial charge in [-0.25, -0.2) is 14.4 Å². The van der Waals surface area contributed by atoms with E-state index in [1.54, 1.807) is 72.9 Å². The Labute approximate surface area is 433 Å². The molecule has 20 nitrogen and oxygen atoms in total. The molecule has 0 saturated carbocycles. The molecular formula is C53H48ClFN10O10. The fraction of sp³-hybridized carbons (Fsp3) is 0.245. The van der Waals surface area contributed by atoms with Crippen LogP contribution in [0, 0.1) is 5.82 Å². The van der Waals surface area contributed by atoms with Gasteiger partial charge in [0.05, 0.1) is 61.8 Å². The third-order valence-electron chi connectivity index (χ3n) is 12.5. The number of rotatable bonds is 18. The number of nitrogens with one attached hydrogen (secondary N) is 4. The van der Waals surface area contributed by atoms with Gasteiger partial charge in [-0.2, -0.15) is 10.2 Å². The molecule has 0 bridgehead atoms. The zero-order chi connectivity index (χ0) is 52.8. The van der Waals surface area contributed by atoms with Gasteiger partial charge in [-0.3, -0.25) is 34.3 Å². The molecule has 3 aliphatic heterocycles. The standard InChI is InChI=1S/C53H48ClFN10O10/c1-72-41-11-7-9-37(55)46(41)48-35-20-29(54)12-14-32(35)47-28(24-58-48)25-59-53(62-47)60-30-13-15-34(40(66)21-30)50(69)57-19-5-4-18-56-45(68)27-75-49-42(73-2)22-31(23-43(49)74-3)63-64-38-10-6-8-33-36(38)26-65(52(33)71)39-16-17-44(67)61-51(39)70/h6-15,20-23,25,39,66H,4-5,16-19,24,26-27H2,1-3H3,(H,56,68)(H,57,69)(H,59,60,62)(H,61,67,70)/b64-63-. The van der Waals surface area contributed by atoms with Crippen LogP contribution in [0.3, 0.4) is 0 Å². The molecule has 5 amide bonds. The van der Waals surface area contributed by atoms with Crippen LogP contribution >= 0.6 is 11.6 Å². The average molecular weight is 1040 g/mol. The number of azo groups is 1. The zero-order valence-electron chi connectivity index (χ0n) is 40.7. The third-order valence-corrected chi connectivity index (χ3v) is 12.8. The first-order valence-corrected chi connectivity index (χ1v) is 24.0. The van der Waals surface area contributed by atoms with Crippen molar-refractivity contribution in [2.75, 3.05) is 46.3 Å². The van der Waals surface area contributed by atoms with Crippen LogP contribution in [0.1, 0.15) is 68.7 Å². The van der Waals surface area contributed by atoms with Crippen LogP contribution in [0.2, 0.25) is 5.02 Å². The number of phenolic OH excluding ortho intramolecular Hbond substituents is 1. The van der Waals surface area contributed by atoms with E-state index in [-0.39, 0.29) is 97.5 Å². The number of anilines is 2. The molecule has 22 heteroatoms. The molecule has 1 atom stereocenters. The summed E-state index contributed by atoms with van der Waals surface area (Å²) >= 11 is 6.44. The number of carbonyl (C=O) groups is 5. The smallest absolute Gasteiger partial charge is 0.257 e. The van der Waals surface area contributed by atoms with Gasteiger partial charge in [-0.15, -0.1) is 0 Å². The SMILES string of the molecule is COc1cc(/N=N\c2cccc3c2CN(C2CCC(=O)NC2=O)C3=O)cc(OC)c1OCC(=O)NCCCCNC(=O)c1ccc(Nc2ncc3c(n2)-c2ccc(Cl)cc2C(c2c(F)cccc2OC)=NC3)cc1O. The van der Waals surface area contributed by atoms with Crippen LogP contribution in [-0.2, 0) is 27.5 Å². The van der Waals surface area contributed by atoms with Crippen molar-refractivity contribution in [1.82, 2.24) is 30.8 Å². The third kappa shape index (κ3) is 11.0. The molecule has 1 aromatic heterocycles. The number of halogens is 2. The maximum atomic E-state index is 15.3. The first-order valence-electron chi connectivity index (χ1n) is 23.6. The lowest BCUT2D eigenvalue weighted by molar-refractivity contribution is -0.137. The first kappa shape index (κ1) is 50.9. The Morgan fingerprint density at radius 1 is 0.880 bits per heavy atom. The van der Waals surface area contributed by atoms with Crippen molar-refractivity contribution < 1.29 is 52.4 Å². The van der Waals surface area contributed by atoms with E-state index in [2.05, 4.69) is 36.5 Å². The summed E-state index contributed by atoms with van der Waals surface area (Å²) in [5.41, 5.74) is 5.17. The maximum absolute atomic E-state index is 15.3. The number of amides is 5. The average Bonchev–Trinajstić information content (AvgIpc) is 3.66. The number of hydrogen-bond acceptors (Lipinski definition) is 16. The fourth-order valence-corrected chi connectivity index (χ4v) is 9.01. The van der Waals surface area contributed by atoms with Crippen LogP contribution in [0.25, 0.3) is 11.3 Å². The number of aromatic nitrogens is 2. The van der Waals surface area contributed by atoms with Crippen molar-refractivity contribution in [3.8, 4) is 40.0 Å². The van der Waals surface area contributed by atoms with E-state index in [0.717, 1.165) is 0 Å². The molecule has 4 heterocycles. The van der Waals surface area contributed by atoms with E-state index in [0.29, 0.717) is 79.9 Å². The number of unbranched alkanes of at least 4 members (excludes halogenated alkanes) is 1. The Bertz CT molecular complexity index is 3310. The fourth-order valence-electron chi connectivity index (χ4n) is 8.84. The van der Waals surface area contributed by atoms with E-state index in [4.69, 9.17) is 40.5 Å². The lowest BCUT2D eigenvalue weighted by Crippen LogP contribution is -2.52. The molecule has 75 heavy (non-hydrogen) atoms. The van der Waals surface area contributed by atoms with Crippen molar-refractivity contribution in [2.45, 2.75) is 44.8 Å². The highest BCUT2D eigenvalue weighted by Gasteiger charge is 2.40. The minimum atomic E-state index is -0.773. The molecule has 5 aromatic carbocycles. The van der Waals surface area contributed by atoms with E-state index in [9.17, 15) is 29.1 Å². The molecule has 0 aliphatic carbocycles. The minimum Gasteiger partial charge on any atom is -0.507 e. The zero-order valence-corrected chi connectivity index (χ0v) is 41.4. The molecule has 384 valence electrons. The highest BCUT2D eigenvalue weighted by Crippen LogP contribution is 2.43. The Morgan fingerprint density at radius 2 is 1.64 bits per heavy atom. The number of phenols is 1. The summed E-state index contributed by atoms with van der Waals surface area (Å²) in [6, 6.07) is 21.6. The number of imide groups is 1. The van der Waals surface area contributed by atoms with Crippen molar-refractivity contribution in [2.24, 2.45) is 15.2 Å². The molecule has 6 aromatic rings. The van der Waals surface area contributed by atoms with Gasteiger partial charge in [0.1, 0.15) is 23.4 Å². The van der Waals surface area contributed by atoms with Crippen LogP contribution in [0.15, 0.2) is 106 Å². The number of fused-ring (bicyclic) bond motifs is 4. The Balaban J connectivity index is 0.741. The van der Waals surface area contributed by atoms with Crippen molar-refractivity contribution >= 4 is 69.9 Å². The van der Waals surface area contributed by atoms with Gasteiger partial charge in [0, 0.05) is 89.0 Å². The second-order valence-corrected chi connectivity index (χ2v) is 17.7. The van der Waals surface area contributed by atoms with Gasteiger partial charge in [-0.1, -0.05) is 29.8 Å². The van der Waals surface area contributed by atoms with E-state index in [1.807, 2.05) is 0 Å². The predicted molar refractivity (Wildman–Crippen MR) is 272 cm³/mol. The van der Waals surface area contributed by atoms with Crippen LogP contribution < -0.4 is 40.2 Å². The van der Waals surface area contributed by atoms with Gasteiger partial charge in [0.15, 0.2) is 18.1 Å². The molecule has 3 aliphatic rings. The number of aliphatic imine (C=N–C) groups is 1. The van der Waals surface area contributed by atoms with Gasteiger partial charge < -0.3 is 44.9 Å². The predicted octanol–water partition coefficient (Wildman–Crippen LogP) is 7.64. The number of ether oxygens (including phenoxy) is 4. The summed E-state index contributed by atoms with van der Waals surface area (Å²) in [4.78, 5) is 78.8. The Kier molecular flexibility index (Phi) is 15.2. The Hall–Kier alpha value is -8.98. The highest BCUT2D eigenvalue weighted by atomic mass is 35.5. The van der Waals surface area contributed by atoms with Crippen LogP contribution in [0.4, 0.5) is 27.4 Å². The van der Waals surface area contributed by atoms with Crippen LogP contribution in [-0.4, -0.2) is 102 Å². The van der Waals surface area contributed by atoms with E-state index in [1.165, 1.54) is 44.4 Å². The van der Waals surface area contributed by atoms with Crippen molar-refractivity contribution in [3.05, 3.63) is 135 Å². The molecule has 1 unspecified atom stereocenters. The molecule has 1 fully saturated rings. The number of nitrogens with zero attached hydrogens (tertiary/aromatic N) is 6. The number of piperidine rings is 1. The quantitative estimate of drug-likeness (QED) is 0.0315. The molecule has 0 radical (unpaired) electrons. The summed E-state index contributed by atoms with van der Waals surface area (Å²) < 4.78 is 37.7. The molecule has 1 saturated heterocycles. The minimum absolute atomic E-state index is 0.0481. The summed E-state index contributed by atoms with van der Waals surface area (Å²) in [6.45, 7) is 0.452. The van der Waals surface area contributed by atoms with Gasteiger partial charge in [0.2, 0.25) is 23.5 Å². The monoisotopic (exact) mass is 1040 g/mol. The number of aromatic hydroxyl groups is 1. The van der Waals surface area contributed by atoms with Crippen LogP contribution in [0.5, 0.6) is 28.7 Å². The van der Waals surface area contributed by atoms with Gasteiger partial charge >= 0.3 is 0 Å². The lowest BCUT2D eigenvalue weighted by Gasteiger charge is -2.29. The Morgan fingerprint density at radius 3 is 2.39 bits per heavy atom. The van der Waals surface area contributed by atoms with E-state index < -0.39 is 29.6 Å². The number of methoxy groups -OCH3 is 3. The summed E-state index contributed by atoms with van der Waals surface area (Å²) in [5.74, 6) is -1.81. The van der Waals surface area contributed by atoms with Gasteiger partial charge in [-0.05, 0) is 67.8 Å². The summed E-state index contributed by atoms with van der Waals surface area (Å²) in [5, 5.41) is 31.0. The molecule has 0 spiro atoms. The number of carbonyl (C=O) groups excluding carboxylic acids is 5. The lowest BCUT2D eigenvalue weighted by atomic mass is 9.94. The largest absolute Gasteiger partial charge is 0.507 e. The molecule has 9 rings (SSSR count). The maximum Gasteiger partial charge on any atom is 0.257 e. The second-order valence-electron chi connectivity index (χ2n) is 17.3. The van der Waals surface area contributed by atoms with Gasteiger partial charge in [0.25, 0.3) is 17.7 Å². The second kappa shape index (κ2) is 22.4. The summed E-state index contributed by atoms with van der Waals surface area (Å²) in [7, 11) is 4.30. The van der Waals surface area contributed by atoms with E-state index >= 15 is 4.39 Å². The number of hydrogen-bond donors (Lipinski definition) is 5. The van der Waals surface area contributed by atoms with Crippen molar-refractivity contribution in [1.29, 1.82) is 0 Å². The first-order chi connectivity index (χ1) is 36.3.